The Bertz CT molecular complexity index is 1050. The fourth-order valence-electron chi connectivity index (χ4n) is 3.06. The normalized spacial score (nSPS) is 11.0. The molecule has 110 valence electrons. The standard InChI is InChI=1S/C20H13NO2/c22-21(23)20-8-4-3-7-19(20)16-11-12-18-15(13-16)10-9-14-5-1-2-6-17(14)18/h1-13H. The van der Waals surface area contributed by atoms with Crippen molar-refractivity contribution in [2.75, 3.05) is 0 Å². The van der Waals surface area contributed by atoms with Crippen molar-refractivity contribution < 1.29 is 4.92 Å². The van der Waals surface area contributed by atoms with Crippen LogP contribution in [0.1, 0.15) is 0 Å². The van der Waals surface area contributed by atoms with Crippen LogP contribution in [-0.2, 0) is 0 Å². The molecule has 3 nitrogen and oxygen atoms in total. The number of benzene rings is 4. The number of nitro benzene ring substituents is 1. The molecular weight excluding hydrogens is 286 g/mol. The number of nitro groups is 1. The fourth-order valence-corrected chi connectivity index (χ4v) is 3.06. The van der Waals surface area contributed by atoms with E-state index in [1.165, 1.54) is 10.8 Å². The summed E-state index contributed by atoms with van der Waals surface area (Å²) >= 11 is 0. The lowest BCUT2D eigenvalue weighted by Gasteiger charge is -2.07. The Kier molecular flexibility index (Phi) is 3.05. The Morgan fingerprint density at radius 1 is 0.696 bits per heavy atom. The molecule has 4 rings (SSSR count). The smallest absolute Gasteiger partial charge is 0.258 e. The van der Waals surface area contributed by atoms with E-state index in [1.807, 2.05) is 36.4 Å². The van der Waals surface area contributed by atoms with E-state index in [-0.39, 0.29) is 10.6 Å². The molecule has 0 radical (unpaired) electrons. The monoisotopic (exact) mass is 299 g/mol. The molecule has 0 saturated carbocycles. The highest BCUT2D eigenvalue weighted by molar-refractivity contribution is 6.08. The van der Waals surface area contributed by atoms with Gasteiger partial charge < -0.3 is 0 Å². The SMILES string of the molecule is O=[N+]([O-])c1ccccc1-c1ccc2c(ccc3ccccc32)c1. The molecule has 3 heteroatoms. The molecule has 0 saturated heterocycles. The first-order valence-corrected chi connectivity index (χ1v) is 7.39. The van der Waals surface area contributed by atoms with Crippen LogP contribution in [0.2, 0.25) is 0 Å². The predicted octanol–water partition coefficient (Wildman–Crippen LogP) is 5.57. The summed E-state index contributed by atoms with van der Waals surface area (Å²) in [4.78, 5) is 10.9. The van der Waals surface area contributed by atoms with Gasteiger partial charge in [-0.2, -0.15) is 0 Å². The second-order valence-corrected chi connectivity index (χ2v) is 5.50. The number of fused-ring (bicyclic) bond motifs is 3. The Morgan fingerprint density at radius 3 is 2.26 bits per heavy atom. The van der Waals surface area contributed by atoms with Crippen LogP contribution in [0.25, 0.3) is 32.7 Å². The number of para-hydroxylation sites is 1. The summed E-state index contributed by atoms with van der Waals surface area (Å²) in [6, 6.07) is 25.3. The van der Waals surface area contributed by atoms with Crippen molar-refractivity contribution in [3.63, 3.8) is 0 Å². The third-order valence-corrected chi connectivity index (χ3v) is 4.16. The van der Waals surface area contributed by atoms with Crippen molar-refractivity contribution in [3.8, 4) is 11.1 Å². The topological polar surface area (TPSA) is 43.1 Å². The summed E-state index contributed by atoms with van der Waals surface area (Å²) in [6.45, 7) is 0. The van der Waals surface area contributed by atoms with Crippen LogP contribution >= 0.6 is 0 Å². The summed E-state index contributed by atoms with van der Waals surface area (Å²) in [6.07, 6.45) is 0. The van der Waals surface area contributed by atoms with Crippen LogP contribution in [0.3, 0.4) is 0 Å². The van der Waals surface area contributed by atoms with Crippen LogP contribution < -0.4 is 0 Å². The quantitative estimate of drug-likeness (QED) is 0.276. The Labute approximate surface area is 133 Å². The van der Waals surface area contributed by atoms with Crippen molar-refractivity contribution in [3.05, 3.63) is 89.0 Å². The minimum atomic E-state index is -0.333. The molecule has 0 aromatic heterocycles. The maximum Gasteiger partial charge on any atom is 0.277 e. The number of hydrogen-bond donors (Lipinski definition) is 0. The van der Waals surface area contributed by atoms with Crippen molar-refractivity contribution in [2.24, 2.45) is 0 Å². The van der Waals surface area contributed by atoms with E-state index in [4.69, 9.17) is 0 Å². The van der Waals surface area contributed by atoms with Crippen LogP contribution in [0.5, 0.6) is 0 Å². The van der Waals surface area contributed by atoms with Crippen molar-refractivity contribution in [2.45, 2.75) is 0 Å². The van der Waals surface area contributed by atoms with E-state index in [0.717, 1.165) is 16.3 Å². The summed E-state index contributed by atoms with van der Waals surface area (Å²) in [5.41, 5.74) is 1.64. The molecule has 0 aliphatic carbocycles. The molecule has 23 heavy (non-hydrogen) atoms. The molecule has 0 fully saturated rings. The van der Waals surface area contributed by atoms with Gasteiger partial charge in [0.15, 0.2) is 0 Å². The van der Waals surface area contributed by atoms with Gasteiger partial charge in [0, 0.05) is 6.07 Å². The van der Waals surface area contributed by atoms with Gasteiger partial charge in [0.25, 0.3) is 5.69 Å². The van der Waals surface area contributed by atoms with Crippen molar-refractivity contribution >= 4 is 27.2 Å². The van der Waals surface area contributed by atoms with Crippen molar-refractivity contribution in [1.29, 1.82) is 0 Å². The molecule has 4 aromatic carbocycles. The number of nitrogens with zero attached hydrogens (tertiary/aromatic N) is 1. The van der Waals surface area contributed by atoms with Crippen LogP contribution in [0.15, 0.2) is 78.9 Å². The first kappa shape index (κ1) is 13.5. The largest absolute Gasteiger partial charge is 0.277 e. The maximum atomic E-state index is 11.2. The zero-order valence-corrected chi connectivity index (χ0v) is 12.3. The van der Waals surface area contributed by atoms with Gasteiger partial charge in [-0.25, -0.2) is 0 Å². The molecule has 0 atom stereocenters. The van der Waals surface area contributed by atoms with Gasteiger partial charge in [-0.05, 0) is 39.2 Å². The summed E-state index contributed by atoms with van der Waals surface area (Å²) in [5.74, 6) is 0. The van der Waals surface area contributed by atoms with Gasteiger partial charge >= 0.3 is 0 Å². The Morgan fingerprint density at radius 2 is 1.39 bits per heavy atom. The molecule has 0 aliphatic heterocycles. The van der Waals surface area contributed by atoms with Gasteiger partial charge in [0.05, 0.1) is 10.5 Å². The molecule has 0 unspecified atom stereocenters. The number of hydrogen-bond acceptors (Lipinski definition) is 2. The van der Waals surface area contributed by atoms with Crippen LogP contribution in [0.4, 0.5) is 5.69 Å². The van der Waals surface area contributed by atoms with E-state index in [1.54, 1.807) is 18.2 Å². The third kappa shape index (κ3) is 2.23. The average Bonchev–Trinajstić information content (AvgIpc) is 2.61. The lowest BCUT2D eigenvalue weighted by Crippen LogP contribution is -1.91. The lowest BCUT2D eigenvalue weighted by molar-refractivity contribution is -0.384. The van der Waals surface area contributed by atoms with Gasteiger partial charge in [-0.1, -0.05) is 60.7 Å². The maximum absolute atomic E-state index is 11.2. The zero-order chi connectivity index (χ0) is 15.8. The molecule has 0 aliphatic rings. The highest BCUT2D eigenvalue weighted by atomic mass is 16.6. The lowest BCUT2D eigenvalue weighted by atomic mass is 9.97. The fraction of sp³-hybridized carbons (Fsp3) is 0. The minimum absolute atomic E-state index is 0.132. The van der Waals surface area contributed by atoms with E-state index in [9.17, 15) is 10.1 Å². The summed E-state index contributed by atoms with van der Waals surface area (Å²) in [7, 11) is 0. The second kappa shape index (κ2) is 5.21. The highest BCUT2D eigenvalue weighted by Crippen LogP contribution is 2.33. The highest BCUT2D eigenvalue weighted by Gasteiger charge is 2.14. The van der Waals surface area contributed by atoms with Gasteiger partial charge in [-0.15, -0.1) is 0 Å². The van der Waals surface area contributed by atoms with Crippen molar-refractivity contribution in [1.82, 2.24) is 0 Å². The van der Waals surface area contributed by atoms with E-state index < -0.39 is 0 Å². The number of rotatable bonds is 2. The van der Waals surface area contributed by atoms with E-state index in [0.29, 0.717) is 5.56 Å². The Hall–Kier alpha value is -3.20. The average molecular weight is 299 g/mol. The van der Waals surface area contributed by atoms with Gasteiger partial charge in [0.1, 0.15) is 0 Å². The van der Waals surface area contributed by atoms with Crippen LogP contribution in [-0.4, -0.2) is 4.92 Å². The van der Waals surface area contributed by atoms with E-state index in [2.05, 4.69) is 24.3 Å². The second-order valence-electron chi connectivity index (χ2n) is 5.50. The minimum Gasteiger partial charge on any atom is -0.258 e. The summed E-state index contributed by atoms with van der Waals surface area (Å²) in [5, 5.41) is 15.9. The molecule has 0 bridgehead atoms. The van der Waals surface area contributed by atoms with Crippen LogP contribution in [0, 0.1) is 10.1 Å². The molecule has 0 N–H and O–H groups in total. The Balaban J connectivity index is 1.97. The predicted molar refractivity (Wildman–Crippen MR) is 93.5 cm³/mol. The first-order chi connectivity index (χ1) is 11.2. The zero-order valence-electron chi connectivity index (χ0n) is 12.3. The molecule has 0 spiro atoms. The molecule has 0 amide bonds. The van der Waals surface area contributed by atoms with Gasteiger partial charge in [0.2, 0.25) is 0 Å². The first-order valence-electron chi connectivity index (χ1n) is 7.39. The van der Waals surface area contributed by atoms with Gasteiger partial charge in [-0.3, -0.25) is 10.1 Å². The third-order valence-electron chi connectivity index (χ3n) is 4.16. The summed E-state index contributed by atoms with van der Waals surface area (Å²) < 4.78 is 0. The van der Waals surface area contributed by atoms with E-state index >= 15 is 0 Å². The molecule has 0 heterocycles. The molecular formula is C20H13NO2. The molecule has 4 aromatic rings.